The van der Waals surface area contributed by atoms with Crippen molar-refractivity contribution in [2.75, 3.05) is 37.7 Å². The highest BCUT2D eigenvalue weighted by molar-refractivity contribution is 6.99. The third-order valence-electron chi connectivity index (χ3n) is 18.4. The molecule has 10 rings (SSSR count). The van der Waals surface area contributed by atoms with E-state index in [1.165, 1.54) is 16.4 Å². The van der Waals surface area contributed by atoms with Crippen LogP contribution in [0.5, 0.6) is 11.9 Å². The van der Waals surface area contributed by atoms with Crippen LogP contribution in [0.1, 0.15) is 141 Å². The van der Waals surface area contributed by atoms with Crippen LogP contribution in [0.25, 0.3) is 32.9 Å². The fourth-order valence-electron chi connectivity index (χ4n) is 14.8. The lowest BCUT2D eigenvalue weighted by molar-refractivity contribution is 0.0122. The molecule has 1 amide bonds. The minimum Gasteiger partial charge on any atom is -0.474 e. The topological polar surface area (TPSA) is 102 Å². The van der Waals surface area contributed by atoms with Gasteiger partial charge in [-0.3, -0.25) is 9.80 Å². The highest BCUT2D eigenvalue weighted by Crippen LogP contribution is 2.47. The molecule has 4 atom stereocenters. The van der Waals surface area contributed by atoms with Crippen LogP contribution in [0, 0.1) is 23.1 Å². The lowest BCUT2D eigenvalue weighted by atomic mass is 9.95. The number of ether oxygens (including phenoxy) is 3. The molecule has 15 heteroatoms. The molecular weight excluding hydrogens is 1060 g/mol. The van der Waals surface area contributed by atoms with Gasteiger partial charge in [0, 0.05) is 30.1 Å². The average Bonchev–Trinajstić information content (AvgIpc) is 1.81. The molecule has 6 aromatic rings. The average molecular weight is 1150 g/mol. The first kappa shape index (κ1) is 59.2. The molecule has 2 aromatic heterocycles. The number of benzene rings is 4. The van der Waals surface area contributed by atoms with E-state index >= 15 is 8.78 Å². The van der Waals surface area contributed by atoms with Crippen molar-refractivity contribution in [3.8, 4) is 34.6 Å². The number of piperazine rings is 1. The normalized spacial score (nSPS) is 20.6. The Hall–Kier alpha value is -5.93. The molecule has 0 spiro atoms. The van der Waals surface area contributed by atoms with E-state index in [0.29, 0.717) is 70.5 Å². The van der Waals surface area contributed by atoms with Gasteiger partial charge in [-0.1, -0.05) is 153 Å². The molecule has 6 heterocycles. The second kappa shape index (κ2) is 22.9. The molecule has 11 nitrogen and oxygen atoms in total. The van der Waals surface area contributed by atoms with Crippen molar-refractivity contribution >= 4 is 60.4 Å². The van der Waals surface area contributed by atoms with E-state index in [9.17, 15) is 4.79 Å². The van der Waals surface area contributed by atoms with E-state index in [-0.39, 0.29) is 69.6 Å². The number of aromatic nitrogens is 3. The van der Waals surface area contributed by atoms with Gasteiger partial charge in [0.25, 0.3) is 8.32 Å². The number of rotatable bonds is 15. The second-order valence-corrected chi connectivity index (χ2v) is 36.8. The second-order valence-electron chi connectivity index (χ2n) is 26.9. The Morgan fingerprint density at radius 1 is 0.756 bits per heavy atom. The van der Waals surface area contributed by atoms with Gasteiger partial charge < -0.3 is 23.5 Å². The molecule has 0 N–H and O–H groups in total. The molecule has 4 fully saturated rings. The smallest absolute Gasteiger partial charge is 0.410 e. The zero-order chi connectivity index (χ0) is 58.7. The van der Waals surface area contributed by atoms with Crippen LogP contribution in [0.2, 0.25) is 21.7 Å². The third-order valence-corrected chi connectivity index (χ3v) is 29.7. The Labute approximate surface area is 488 Å². The van der Waals surface area contributed by atoms with E-state index in [2.05, 4.69) is 144 Å². The Kier molecular flexibility index (Phi) is 16.6. The van der Waals surface area contributed by atoms with Crippen LogP contribution >= 0.6 is 0 Å². The zero-order valence-corrected chi connectivity index (χ0v) is 53.0. The third kappa shape index (κ3) is 10.8. The van der Waals surface area contributed by atoms with Gasteiger partial charge in [0.05, 0.1) is 35.9 Å². The van der Waals surface area contributed by atoms with Crippen molar-refractivity contribution in [1.82, 2.24) is 24.8 Å². The van der Waals surface area contributed by atoms with E-state index in [0.717, 1.165) is 45.1 Å². The number of halogens is 2. The molecule has 82 heavy (non-hydrogen) atoms. The summed E-state index contributed by atoms with van der Waals surface area (Å²) in [6, 6.07) is 30.1. The molecule has 0 aliphatic carbocycles. The largest absolute Gasteiger partial charge is 0.474 e. The molecule has 2 unspecified atom stereocenters. The SMILES string of the molecule is CC(C)Oc1nc(-c2cccc3ccc(F)c(C#C[Si](C(C)C)(C(C)C)C(C)C)c23)c(F)c2nc(OC[C@]34CCCN3[C@@H](CO[Si](c3ccccc3)(c3ccccc3)C(C)(C)C)CC4)nc(N3CC4CCC(C3)N4C(=O)OC(C)(C)C)c12. The Balaban J connectivity index is 1.07. The van der Waals surface area contributed by atoms with Crippen LogP contribution in [-0.4, -0.2) is 115 Å². The van der Waals surface area contributed by atoms with E-state index in [4.69, 9.17) is 33.6 Å². The molecule has 4 aliphatic heterocycles. The summed E-state index contributed by atoms with van der Waals surface area (Å²) in [7, 11) is -5.15. The summed E-state index contributed by atoms with van der Waals surface area (Å²) in [5.41, 5.74) is 4.24. The molecule has 4 aliphatic rings. The molecule has 4 aromatic carbocycles. The number of fused-ring (bicyclic) bond motifs is 5. The number of carbonyl (C=O) groups excluding carboxylic acids is 1. The monoisotopic (exact) mass is 1150 g/mol. The van der Waals surface area contributed by atoms with Crippen LogP contribution in [0.3, 0.4) is 0 Å². The number of carbonyl (C=O) groups is 1. The Morgan fingerprint density at radius 3 is 1.98 bits per heavy atom. The van der Waals surface area contributed by atoms with E-state index < -0.39 is 33.6 Å². The zero-order valence-electron chi connectivity index (χ0n) is 51.0. The number of anilines is 1. The first-order valence-electron chi connectivity index (χ1n) is 30.1. The molecule has 0 radical (unpaired) electrons. The molecule has 0 saturated carbocycles. The fourth-order valence-corrected chi connectivity index (χ4v) is 24.6. The molecule has 4 saturated heterocycles. The van der Waals surface area contributed by atoms with Crippen LogP contribution in [-0.2, 0) is 9.16 Å². The van der Waals surface area contributed by atoms with Crippen LogP contribution < -0.4 is 24.7 Å². The maximum atomic E-state index is 18.6. The summed E-state index contributed by atoms with van der Waals surface area (Å²) in [5, 5.41) is 3.83. The molecule has 2 bridgehead atoms. The van der Waals surface area contributed by atoms with Crippen molar-refractivity contribution < 1.29 is 32.2 Å². The van der Waals surface area contributed by atoms with Crippen LogP contribution in [0.4, 0.5) is 19.4 Å². The minimum absolute atomic E-state index is 0.0155. The first-order chi connectivity index (χ1) is 38.9. The van der Waals surface area contributed by atoms with Gasteiger partial charge in [0.15, 0.2) is 5.82 Å². The fraction of sp³-hybridized carbons (Fsp3) is 0.522. The van der Waals surface area contributed by atoms with Crippen molar-refractivity contribution in [1.29, 1.82) is 0 Å². The lowest BCUT2D eigenvalue weighted by Gasteiger charge is -2.44. The minimum atomic E-state index is -2.81. The van der Waals surface area contributed by atoms with Gasteiger partial charge in [-0.15, -0.1) is 5.54 Å². The number of hydrogen-bond acceptors (Lipinski definition) is 10. The van der Waals surface area contributed by atoms with Crippen molar-refractivity contribution in [2.45, 2.75) is 192 Å². The number of hydrogen-bond donors (Lipinski definition) is 0. The molecular formula is C67H86F2N6O5Si2. The quantitative estimate of drug-likeness (QED) is 0.0730. The summed E-state index contributed by atoms with van der Waals surface area (Å²) in [4.78, 5) is 35.8. The van der Waals surface area contributed by atoms with E-state index in [1.807, 2.05) is 51.7 Å². The summed E-state index contributed by atoms with van der Waals surface area (Å²) in [6.45, 7) is 32.4. The highest BCUT2D eigenvalue weighted by atomic mass is 28.4. The van der Waals surface area contributed by atoms with Gasteiger partial charge in [0.1, 0.15) is 48.5 Å². The summed E-state index contributed by atoms with van der Waals surface area (Å²) in [5.74, 6) is 2.80. The molecule has 436 valence electrons. The van der Waals surface area contributed by atoms with Crippen molar-refractivity contribution in [3.63, 3.8) is 0 Å². The van der Waals surface area contributed by atoms with E-state index in [1.54, 1.807) is 12.1 Å². The maximum absolute atomic E-state index is 18.6. The lowest BCUT2D eigenvalue weighted by Crippen LogP contribution is -2.67. The van der Waals surface area contributed by atoms with Gasteiger partial charge in [-0.2, -0.15) is 9.97 Å². The van der Waals surface area contributed by atoms with Crippen LogP contribution in [0.15, 0.2) is 91.0 Å². The first-order valence-corrected chi connectivity index (χ1v) is 34.3. The Bertz CT molecular complexity index is 3300. The number of nitrogens with zero attached hydrogens (tertiary/aromatic N) is 6. The van der Waals surface area contributed by atoms with Gasteiger partial charge in [-0.25, -0.2) is 18.6 Å². The predicted molar refractivity (Wildman–Crippen MR) is 332 cm³/mol. The summed E-state index contributed by atoms with van der Waals surface area (Å²) in [6.07, 6.45) is 4.58. The highest BCUT2D eigenvalue weighted by Gasteiger charge is 2.54. The summed E-state index contributed by atoms with van der Waals surface area (Å²) >= 11 is 0. The number of pyridine rings is 1. The van der Waals surface area contributed by atoms with Gasteiger partial charge in [-0.05, 0) is 123 Å². The standard InChI is InChI=1S/C67H86F2N6O5Si2/c1-43(2)79-62-57-60(58(69)59(70-62)54-28-21-23-47-29-32-55(68)53(56(47)54)34-38-81(44(3)4,45(5)6)46(7)8)71-63(72-61(57)73-39-48-30-31-49(40-73)75(48)64(76)80-65(9,10)11)77-42-67-35-22-37-74(67)50(33-36-67)41-78-82(66(12,13)14,51-24-17-15-18-25-51)52-26-19-16-20-27-52/h15-21,23-29,32,43-46,48-50H,22,30-31,33,35-37,39-42H2,1-14H3/t48?,49?,50-,67-/m1/s1. The Morgan fingerprint density at radius 2 is 1.39 bits per heavy atom. The number of amides is 1. The van der Waals surface area contributed by atoms with Gasteiger partial charge in [0.2, 0.25) is 5.88 Å². The maximum Gasteiger partial charge on any atom is 0.410 e. The summed E-state index contributed by atoms with van der Waals surface area (Å²) < 4.78 is 62.3. The van der Waals surface area contributed by atoms with Gasteiger partial charge >= 0.3 is 12.1 Å². The van der Waals surface area contributed by atoms with Crippen molar-refractivity contribution in [3.05, 3.63) is 108 Å². The predicted octanol–water partition coefficient (Wildman–Crippen LogP) is 14.0. The van der Waals surface area contributed by atoms with Crippen molar-refractivity contribution in [2.24, 2.45) is 0 Å².